The summed E-state index contributed by atoms with van der Waals surface area (Å²) in [6.45, 7) is 1.25. The number of nitrogens with one attached hydrogen (secondary N) is 1. The number of morpholine rings is 1. The molecule has 1 saturated heterocycles. The number of carbonyl (C=O) groups is 2. The van der Waals surface area contributed by atoms with Crippen LogP contribution in [0.25, 0.3) is 0 Å². The Kier molecular flexibility index (Phi) is 4.61. The van der Waals surface area contributed by atoms with Crippen molar-refractivity contribution in [2.75, 3.05) is 26.2 Å². The number of hydrogen-bond acceptors (Lipinski definition) is 3. The summed E-state index contributed by atoms with van der Waals surface area (Å²) < 4.78 is 5.23. The van der Waals surface area contributed by atoms with Crippen LogP contribution in [0.2, 0.25) is 0 Å². The molecule has 2 amide bonds. The first-order valence-corrected chi connectivity index (χ1v) is 4.93. The quantitative estimate of drug-likeness (QED) is 0.636. The number of carboxylic acids is 1. The number of carbonyl (C=O) groups excluding carboxylic acids is 1. The summed E-state index contributed by atoms with van der Waals surface area (Å²) in [7, 11) is 0. The first-order valence-electron chi connectivity index (χ1n) is 4.93. The third-order valence-electron chi connectivity index (χ3n) is 2.17. The lowest BCUT2D eigenvalue weighted by Gasteiger charge is -2.32. The van der Waals surface area contributed by atoms with Crippen LogP contribution < -0.4 is 5.32 Å². The maximum absolute atomic E-state index is 11.5. The Balaban J connectivity index is 2.41. The van der Waals surface area contributed by atoms with Gasteiger partial charge in [0.2, 0.25) is 0 Å². The van der Waals surface area contributed by atoms with Crippen LogP contribution in [0.1, 0.15) is 6.42 Å². The average molecular weight is 226 g/mol. The third kappa shape index (κ3) is 3.79. The normalized spacial score (nSPS) is 19.9. The highest BCUT2D eigenvalue weighted by Gasteiger charge is 2.25. The van der Waals surface area contributed by atoms with E-state index in [0.717, 1.165) is 0 Å². The molecule has 1 heterocycles. The minimum absolute atomic E-state index is 0.0983. The molecule has 6 nitrogen and oxygen atoms in total. The van der Waals surface area contributed by atoms with Crippen molar-refractivity contribution in [1.29, 1.82) is 0 Å². The summed E-state index contributed by atoms with van der Waals surface area (Å²) in [6, 6.07) is -0.281. The summed E-state index contributed by atoms with van der Waals surface area (Å²) in [4.78, 5) is 23.5. The maximum atomic E-state index is 11.5. The van der Waals surface area contributed by atoms with Crippen molar-refractivity contribution in [3.8, 4) is 12.3 Å². The van der Waals surface area contributed by atoms with E-state index in [1.165, 1.54) is 4.90 Å². The van der Waals surface area contributed by atoms with Gasteiger partial charge in [-0.2, -0.15) is 0 Å². The topological polar surface area (TPSA) is 78.9 Å². The molecule has 88 valence electrons. The third-order valence-corrected chi connectivity index (χ3v) is 2.17. The fourth-order valence-electron chi connectivity index (χ4n) is 1.46. The van der Waals surface area contributed by atoms with Gasteiger partial charge in [-0.05, 0) is 0 Å². The number of nitrogens with zero attached hydrogens (tertiary/aromatic N) is 1. The minimum Gasteiger partial charge on any atom is -0.481 e. The van der Waals surface area contributed by atoms with Gasteiger partial charge in [0.1, 0.15) is 0 Å². The summed E-state index contributed by atoms with van der Waals surface area (Å²) in [5.41, 5.74) is 0. The molecular weight excluding hydrogens is 212 g/mol. The predicted molar refractivity (Wildman–Crippen MR) is 55.8 cm³/mol. The van der Waals surface area contributed by atoms with Crippen LogP contribution in [0.4, 0.5) is 4.79 Å². The minimum atomic E-state index is -0.934. The van der Waals surface area contributed by atoms with Crippen LogP contribution in [0.5, 0.6) is 0 Å². The zero-order valence-electron chi connectivity index (χ0n) is 8.81. The highest BCUT2D eigenvalue weighted by Crippen LogP contribution is 2.08. The lowest BCUT2D eigenvalue weighted by atomic mass is 10.2. The van der Waals surface area contributed by atoms with Gasteiger partial charge >= 0.3 is 12.0 Å². The molecular formula is C10H14N2O4. The molecule has 16 heavy (non-hydrogen) atoms. The largest absolute Gasteiger partial charge is 0.481 e. The molecule has 0 aromatic heterocycles. The molecule has 1 fully saturated rings. The Morgan fingerprint density at radius 1 is 1.62 bits per heavy atom. The average Bonchev–Trinajstić information content (AvgIpc) is 2.25. The van der Waals surface area contributed by atoms with Crippen LogP contribution in [0.3, 0.4) is 0 Å². The lowest BCUT2D eigenvalue weighted by Crippen LogP contribution is -2.50. The van der Waals surface area contributed by atoms with Gasteiger partial charge in [-0.1, -0.05) is 5.92 Å². The summed E-state index contributed by atoms with van der Waals surface area (Å²) in [5.74, 6) is 1.36. The summed E-state index contributed by atoms with van der Waals surface area (Å²) >= 11 is 0. The van der Waals surface area contributed by atoms with E-state index in [9.17, 15) is 9.59 Å². The summed E-state index contributed by atoms with van der Waals surface area (Å²) in [6.07, 6.45) is 4.47. The van der Waals surface area contributed by atoms with Gasteiger partial charge in [-0.3, -0.25) is 4.79 Å². The molecule has 0 aromatic rings. The maximum Gasteiger partial charge on any atom is 0.318 e. The van der Waals surface area contributed by atoms with Crippen molar-refractivity contribution in [3.05, 3.63) is 0 Å². The number of hydrogen-bond donors (Lipinski definition) is 2. The van der Waals surface area contributed by atoms with Gasteiger partial charge < -0.3 is 20.1 Å². The number of ether oxygens (including phenoxy) is 1. The van der Waals surface area contributed by atoms with Crippen LogP contribution >= 0.6 is 0 Å². The molecule has 1 rings (SSSR count). The Bertz CT molecular complexity index is 310. The molecule has 0 spiro atoms. The van der Waals surface area contributed by atoms with Crippen molar-refractivity contribution in [2.24, 2.45) is 0 Å². The highest BCUT2D eigenvalue weighted by atomic mass is 16.5. The Hall–Kier alpha value is -1.74. The number of urea groups is 1. The van der Waals surface area contributed by atoms with Crippen molar-refractivity contribution >= 4 is 12.0 Å². The SMILES string of the molecule is C#CCNC(=O)N1CCOC(CC(=O)O)C1. The second-order valence-electron chi connectivity index (χ2n) is 3.40. The molecule has 0 saturated carbocycles. The van der Waals surface area contributed by atoms with Crippen LogP contribution in [0, 0.1) is 12.3 Å². The molecule has 6 heteroatoms. The smallest absolute Gasteiger partial charge is 0.318 e. The zero-order valence-corrected chi connectivity index (χ0v) is 8.81. The van der Waals surface area contributed by atoms with E-state index < -0.39 is 12.1 Å². The lowest BCUT2D eigenvalue weighted by molar-refractivity contribution is -0.141. The van der Waals surface area contributed by atoms with Crippen LogP contribution in [0.15, 0.2) is 0 Å². The first kappa shape index (κ1) is 12.3. The van der Waals surface area contributed by atoms with E-state index in [-0.39, 0.29) is 25.5 Å². The highest BCUT2D eigenvalue weighted by molar-refractivity contribution is 5.74. The Morgan fingerprint density at radius 3 is 3.00 bits per heavy atom. The van der Waals surface area contributed by atoms with E-state index in [2.05, 4.69) is 11.2 Å². The van der Waals surface area contributed by atoms with Crippen molar-refractivity contribution in [2.45, 2.75) is 12.5 Å². The fourth-order valence-corrected chi connectivity index (χ4v) is 1.46. The molecule has 1 unspecified atom stereocenters. The second-order valence-corrected chi connectivity index (χ2v) is 3.40. The number of terminal acetylenes is 1. The summed E-state index contributed by atoms with van der Waals surface area (Å²) in [5, 5.41) is 11.1. The van der Waals surface area contributed by atoms with Gasteiger partial charge in [0.05, 0.1) is 25.7 Å². The molecule has 0 radical (unpaired) electrons. The van der Waals surface area contributed by atoms with Gasteiger partial charge in [0, 0.05) is 13.1 Å². The van der Waals surface area contributed by atoms with E-state index in [1.807, 2.05) is 0 Å². The van der Waals surface area contributed by atoms with Crippen LogP contribution in [-0.4, -0.2) is 54.4 Å². The van der Waals surface area contributed by atoms with E-state index >= 15 is 0 Å². The van der Waals surface area contributed by atoms with Gasteiger partial charge in [-0.25, -0.2) is 4.79 Å². The number of amides is 2. The molecule has 0 bridgehead atoms. The Morgan fingerprint density at radius 2 is 2.38 bits per heavy atom. The number of carboxylic acid groups (broad SMARTS) is 1. The molecule has 2 N–H and O–H groups in total. The molecule has 1 aliphatic heterocycles. The molecule has 1 aliphatic rings. The van der Waals surface area contributed by atoms with Gasteiger partial charge in [0.15, 0.2) is 0 Å². The molecule has 0 aliphatic carbocycles. The number of rotatable bonds is 3. The number of aliphatic carboxylic acids is 1. The molecule has 0 aromatic carbocycles. The van der Waals surface area contributed by atoms with E-state index in [4.69, 9.17) is 16.3 Å². The van der Waals surface area contributed by atoms with Gasteiger partial charge in [0.25, 0.3) is 0 Å². The molecule has 1 atom stereocenters. The standard InChI is InChI=1S/C10H14N2O4/c1-2-3-11-10(15)12-4-5-16-8(7-12)6-9(13)14/h1,8H,3-7H2,(H,11,15)(H,13,14). The van der Waals surface area contributed by atoms with Crippen LogP contribution in [-0.2, 0) is 9.53 Å². The Labute approximate surface area is 93.6 Å². The van der Waals surface area contributed by atoms with Crippen molar-refractivity contribution in [3.63, 3.8) is 0 Å². The first-order chi connectivity index (χ1) is 7.63. The van der Waals surface area contributed by atoms with Crippen molar-refractivity contribution < 1.29 is 19.4 Å². The van der Waals surface area contributed by atoms with E-state index in [0.29, 0.717) is 13.2 Å². The fraction of sp³-hybridized carbons (Fsp3) is 0.600. The van der Waals surface area contributed by atoms with Gasteiger partial charge in [-0.15, -0.1) is 6.42 Å². The predicted octanol–water partition coefficient (Wildman–Crippen LogP) is -0.495. The monoisotopic (exact) mass is 226 g/mol. The van der Waals surface area contributed by atoms with Crippen molar-refractivity contribution in [1.82, 2.24) is 10.2 Å². The van der Waals surface area contributed by atoms with E-state index in [1.54, 1.807) is 0 Å². The zero-order chi connectivity index (χ0) is 12.0. The second kappa shape index (κ2) is 5.98.